The minimum atomic E-state index is -3.13. The van der Waals surface area contributed by atoms with E-state index in [2.05, 4.69) is 5.32 Å². The number of carbonyl (C=O) groups excluding carboxylic acids is 1. The summed E-state index contributed by atoms with van der Waals surface area (Å²) in [6.45, 7) is 8.27. The van der Waals surface area contributed by atoms with E-state index in [-0.39, 0.29) is 29.4 Å². The average molecular weight is 340 g/mol. The van der Waals surface area contributed by atoms with Gasteiger partial charge in [0, 0.05) is 6.54 Å². The molecule has 1 saturated heterocycles. The molecule has 1 aliphatic heterocycles. The van der Waals surface area contributed by atoms with Crippen LogP contribution in [0.3, 0.4) is 0 Å². The van der Waals surface area contributed by atoms with Crippen LogP contribution in [-0.4, -0.2) is 68.3 Å². The standard InChI is InChI=1S/C13H26ClN3O3S/c1-4-17(9-13(2,3)8-15)5-12(18)16-11-7-21(19,20)6-10(11)14/h10-11H,4-9,15H2,1-3H3,(H,16,18). The Labute approximate surface area is 132 Å². The van der Waals surface area contributed by atoms with E-state index in [4.69, 9.17) is 17.3 Å². The molecular formula is C13H26ClN3O3S. The fraction of sp³-hybridized carbons (Fsp3) is 0.923. The van der Waals surface area contributed by atoms with Gasteiger partial charge in [-0.15, -0.1) is 11.6 Å². The van der Waals surface area contributed by atoms with Gasteiger partial charge in [-0.2, -0.15) is 0 Å². The van der Waals surface area contributed by atoms with Gasteiger partial charge in [0.05, 0.1) is 29.5 Å². The topological polar surface area (TPSA) is 92.5 Å². The third-order valence-corrected chi connectivity index (χ3v) is 6.02. The van der Waals surface area contributed by atoms with E-state index < -0.39 is 21.3 Å². The summed E-state index contributed by atoms with van der Waals surface area (Å²) in [6, 6.07) is -0.495. The van der Waals surface area contributed by atoms with Gasteiger partial charge in [0.15, 0.2) is 9.84 Å². The van der Waals surface area contributed by atoms with Crippen LogP contribution >= 0.6 is 11.6 Å². The van der Waals surface area contributed by atoms with Crippen molar-refractivity contribution >= 4 is 27.3 Å². The Kier molecular flexibility index (Phi) is 6.46. The van der Waals surface area contributed by atoms with Gasteiger partial charge in [-0.1, -0.05) is 20.8 Å². The van der Waals surface area contributed by atoms with E-state index in [1.807, 2.05) is 25.7 Å². The Bertz CT molecular complexity index is 467. The van der Waals surface area contributed by atoms with Crippen molar-refractivity contribution in [2.45, 2.75) is 32.2 Å². The van der Waals surface area contributed by atoms with Gasteiger partial charge in [-0.25, -0.2) is 8.42 Å². The van der Waals surface area contributed by atoms with Crippen LogP contribution in [-0.2, 0) is 14.6 Å². The van der Waals surface area contributed by atoms with E-state index in [1.165, 1.54) is 0 Å². The van der Waals surface area contributed by atoms with Gasteiger partial charge < -0.3 is 11.1 Å². The van der Waals surface area contributed by atoms with E-state index >= 15 is 0 Å². The number of amides is 1. The lowest BCUT2D eigenvalue weighted by Gasteiger charge is -2.30. The van der Waals surface area contributed by atoms with Crippen molar-refractivity contribution in [3.63, 3.8) is 0 Å². The third kappa shape index (κ3) is 6.10. The summed E-state index contributed by atoms with van der Waals surface area (Å²) < 4.78 is 23.0. The molecule has 2 atom stereocenters. The van der Waals surface area contributed by atoms with E-state index in [0.717, 1.165) is 6.54 Å². The molecule has 1 amide bonds. The first-order valence-electron chi connectivity index (χ1n) is 7.15. The second-order valence-electron chi connectivity index (χ2n) is 6.44. The lowest BCUT2D eigenvalue weighted by Crippen LogP contribution is -2.48. The quantitative estimate of drug-likeness (QED) is 0.627. The smallest absolute Gasteiger partial charge is 0.234 e. The highest BCUT2D eigenvalue weighted by Gasteiger charge is 2.37. The van der Waals surface area contributed by atoms with Gasteiger partial charge in [0.25, 0.3) is 0 Å². The highest BCUT2D eigenvalue weighted by atomic mass is 35.5. The number of halogens is 1. The van der Waals surface area contributed by atoms with Crippen molar-refractivity contribution < 1.29 is 13.2 Å². The fourth-order valence-electron chi connectivity index (χ4n) is 2.34. The second kappa shape index (κ2) is 7.26. The molecule has 1 heterocycles. The third-order valence-electron chi connectivity index (χ3n) is 3.65. The Morgan fingerprint density at radius 3 is 2.48 bits per heavy atom. The van der Waals surface area contributed by atoms with Crippen molar-refractivity contribution in [1.82, 2.24) is 10.2 Å². The predicted octanol–water partition coefficient (Wildman–Crippen LogP) is -0.186. The van der Waals surface area contributed by atoms with Crippen LogP contribution in [0.4, 0.5) is 0 Å². The Morgan fingerprint density at radius 1 is 1.43 bits per heavy atom. The van der Waals surface area contributed by atoms with Crippen LogP contribution < -0.4 is 11.1 Å². The number of hydrogen-bond donors (Lipinski definition) is 2. The molecule has 0 saturated carbocycles. The second-order valence-corrected chi connectivity index (χ2v) is 9.15. The number of rotatable bonds is 7. The molecule has 2 unspecified atom stereocenters. The molecule has 0 aromatic heterocycles. The molecule has 1 aliphatic rings. The maximum atomic E-state index is 12.1. The van der Waals surface area contributed by atoms with Gasteiger partial charge in [0.1, 0.15) is 0 Å². The molecule has 0 aromatic carbocycles. The average Bonchev–Trinajstić information content (AvgIpc) is 2.61. The first-order valence-corrected chi connectivity index (χ1v) is 9.40. The highest BCUT2D eigenvalue weighted by molar-refractivity contribution is 7.91. The van der Waals surface area contributed by atoms with Crippen LogP contribution in [0, 0.1) is 5.41 Å². The van der Waals surface area contributed by atoms with Gasteiger partial charge in [-0.05, 0) is 18.5 Å². The number of nitrogens with zero attached hydrogens (tertiary/aromatic N) is 1. The minimum Gasteiger partial charge on any atom is -0.350 e. The lowest BCUT2D eigenvalue weighted by molar-refractivity contribution is -0.123. The number of likely N-dealkylation sites (N-methyl/N-ethyl adjacent to an activating group) is 1. The number of hydrogen-bond acceptors (Lipinski definition) is 5. The zero-order valence-corrected chi connectivity index (χ0v) is 14.5. The summed E-state index contributed by atoms with van der Waals surface area (Å²) in [5.74, 6) is -0.345. The molecule has 8 heteroatoms. The van der Waals surface area contributed by atoms with Crippen molar-refractivity contribution in [3.8, 4) is 0 Å². The Morgan fingerprint density at radius 2 is 2.05 bits per heavy atom. The lowest BCUT2D eigenvalue weighted by atomic mass is 9.93. The van der Waals surface area contributed by atoms with Crippen LogP contribution in [0.25, 0.3) is 0 Å². The van der Waals surface area contributed by atoms with Gasteiger partial charge >= 0.3 is 0 Å². The summed E-state index contributed by atoms with van der Waals surface area (Å²) in [6.07, 6.45) is 0. The number of sulfone groups is 1. The molecule has 0 radical (unpaired) electrons. The van der Waals surface area contributed by atoms with Crippen molar-refractivity contribution in [2.75, 3.05) is 37.7 Å². The number of nitrogens with two attached hydrogens (primary N) is 1. The molecular weight excluding hydrogens is 314 g/mol. The molecule has 0 spiro atoms. The summed E-state index contributed by atoms with van der Waals surface area (Å²) >= 11 is 5.98. The normalized spacial score (nSPS) is 25.2. The summed E-state index contributed by atoms with van der Waals surface area (Å²) in [5, 5.41) is 2.18. The Hall–Kier alpha value is -0.370. The van der Waals surface area contributed by atoms with Crippen molar-refractivity contribution in [3.05, 3.63) is 0 Å². The minimum absolute atomic E-state index is 0.0675. The predicted molar refractivity (Wildman–Crippen MR) is 85.2 cm³/mol. The molecule has 0 aromatic rings. The first-order chi connectivity index (χ1) is 9.58. The molecule has 0 bridgehead atoms. The zero-order chi connectivity index (χ0) is 16.3. The summed E-state index contributed by atoms with van der Waals surface area (Å²) in [5.41, 5.74) is 5.64. The van der Waals surface area contributed by atoms with Crippen LogP contribution in [0.2, 0.25) is 0 Å². The van der Waals surface area contributed by atoms with Gasteiger partial charge in [0.2, 0.25) is 5.91 Å². The molecule has 124 valence electrons. The summed E-state index contributed by atoms with van der Waals surface area (Å²) in [7, 11) is -3.13. The maximum Gasteiger partial charge on any atom is 0.234 e. The number of nitrogens with one attached hydrogen (secondary N) is 1. The summed E-state index contributed by atoms with van der Waals surface area (Å²) in [4.78, 5) is 14.1. The fourth-order valence-corrected chi connectivity index (χ4v) is 4.89. The molecule has 0 aliphatic carbocycles. The van der Waals surface area contributed by atoms with Crippen LogP contribution in [0.15, 0.2) is 0 Å². The van der Waals surface area contributed by atoms with Gasteiger partial charge in [-0.3, -0.25) is 9.69 Å². The molecule has 21 heavy (non-hydrogen) atoms. The zero-order valence-electron chi connectivity index (χ0n) is 12.9. The molecule has 1 fully saturated rings. The number of carbonyl (C=O) groups is 1. The highest BCUT2D eigenvalue weighted by Crippen LogP contribution is 2.18. The molecule has 6 nitrogen and oxygen atoms in total. The van der Waals surface area contributed by atoms with Crippen molar-refractivity contribution in [1.29, 1.82) is 0 Å². The molecule has 1 rings (SSSR count). The van der Waals surface area contributed by atoms with Crippen LogP contribution in [0.5, 0.6) is 0 Å². The SMILES string of the molecule is CCN(CC(=O)NC1CS(=O)(=O)CC1Cl)CC(C)(C)CN. The van der Waals surface area contributed by atoms with E-state index in [9.17, 15) is 13.2 Å². The maximum absolute atomic E-state index is 12.1. The Balaban J connectivity index is 2.52. The van der Waals surface area contributed by atoms with Crippen LogP contribution in [0.1, 0.15) is 20.8 Å². The number of alkyl halides is 1. The van der Waals surface area contributed by atoms with E-state index in [1.54, 1.807) is 0 Å². The van der Waals surface area contributed by atoms with Crippen molar-refractivity contribution in [2.24, 2.45) is 11.1 Å². The molecule has 3 N–H and O–H groups in total. The monoisotopic (exact) mass is 339 g/mol. The van der Waals surface area contributed by atoms with E-state index in [0.29, 0.717) is 13.1 Å². The first kappa shape index (κ1) is 18.7. The largest absolute Gasteiger partial charge is 0.350 e.